The van der Waals surface area contributed by atoms with Gasteiger partial charge >= 0.3 is 0 Å². The van der Waals surface area contributed by atoms with E-state index in [0.717, 1.165) is 32.5 Å². The first-order valence-electron chi connectivity index (χ1n) is 11.1. The molecule has 0 unspecified atom stereocenters. The number of aliphatic hydroxyl groups is 1. The average Bonchev–Trinajstić information content (AvgIpc) is 3.43. The minimum absolute atomic E-state index is 0.00514. The molecule has 3 aliphatic rings. The summed E-state index contributed by atoms with van der Waals surface area (Å²) in [7, 11) is 1.47. The summed E-state index contributed by atoms with van der Waals surface area (Å²) in [5.74, 6) is 0.579. The van der Waals surface area contributed by atoms with Gasteiger partial charge in [-0.1, -0.05) is 6.07 Å². The second kappa shape index (κ2) is 11.4. The first-order chi connectivity index (χ1) is 15.5. The van der Waals surface area contributed by atoms with Gasteiger partial charge in [-0.3, -0.25) is 19.3 Å². The van der Waals surface area contributed by atoms with Gasteiger partial charge in [-0.15, -0.1) is 0 Å². The number of rotatable bonds is 5. The monoisotopic (exact) mass is 447 g/mol. The lowest BCUT2D eigenvalue weighted by atomic mass is 9.77. The van der Waals surface area contributed by atoms with E-state index in [1.807, 2.05) is 4.90 Å². The van der Waals surface area contributed by atoms with Crippen molar-refractivity contribution >= 4 is 24.0 Å². The number of hydrogen-bond donors (Lipinski definition) is 3. The molecule has 2 aliphatic heterocycles. The predicted molar refractivity (Wildman–Crippen MR) is 118 cm³/mol. The lowest BCUT2D eigenvalue weighted by molar-refractivity contribution is -0.123. The quantitative estimate of drug-likeness (QED) is 0.582. The molecule has 3 N–H and O–H groups in total. The zero-order valence-electron chi connectivity index (χ0n) is 18.5. The van der Waals surface area contributed by atoms with Crippen LogP contribution in [0, 0.1) is 11.8 Å². The number of methoxy groups -OCH3 is 1. The van der Waals surface area contributed by atoms with Crippen LogP contribution in [0.4, 0.5) is 5.69 Å². The van der Waals surface area contributed by atoms with Gasteiger partial charge in [0, 0.05) is 37.5 Å². The van der Waals surface area contributed by atoms with E-state index < -0.39 is 0 Å². The van der Waals surface area contributed by atoms with Crippen molar-refractivity contribution in [1.82, 2.24) is 9.80 Å². The third kappa shape index (κ3) is 5.85. The highest BCUT2D eigenvalue weighted by molar-refractivity contribution is 5.97. The van der Waals surface area contributed by atoms with Crippen molar-refractivity contribution in [2.45, 2.75) is 37.8 Å². The van der Waals surface area contributed by atoms with Crippen molar-refractivity contribution in [3.8, 4) is 0 Å². The van der Waals surface area contributed by atoms with E-state index in [4.69, 9.17) is 14.6 Å². The summed E-state index contributed by atoms with van der Waals surface area (Å²) < 4.78 is 4.83. The largest absolute Gasteiger partial charge is 0.483 e. The molecule has 4 atom stereocenters. The maximum atomic E-state index is 13.1. The number of carboxylic acid groups (broad SMARTS) is 1. The van der Waals surface area contributed by atoms with E-state index in [2.05, 4.69) is 10.2 Å². The Kier molecular flexibility index (Phi) is 8.60. The SMILES string of the molecule is COCC(=O)Nc1cccc(C(=O)N2C[C@H]3C[C@@H](N4CCCC4)[C@H](O)C[C@H]3C2)c1.O=CO. The van der Waals surface area contributed by atoms with E-state index in [-0.39, 0.29) is 37.0 Å². The number of anilines is 1. The number of hydrogen-bond acceptors (Lipinski definition) is 6. The van der Waals surface area contributed by atoms with Gasteiger partial charge in [-0.05, 0) is 68.8 Å². The van der Waals surface area contributed by atoms with E-state index >= 15 is 0 Å². The molecular formula is C23H33N3O6. The highest BCUT2D eigenvalue weighted by Gasteiger charge is 2.44. The number of benzene rings is 1. The standard InChI is InChI=1S/C22H31N3O4.CH2O2/c1-29-14-21(27)23-18-6-4-5-15(9-18)22(28)25-12-16-10-19(24-7-2-3-8-24)20(26)11-17(16)13-25;2-1-3/h4-6,9,16-17,19-20,26H,2-3,7-8,10-14H2,1H3,(H,23,27);1H,(H,2,3)/t16-,17+,19-,20-;/m1./s1. The van der Waals surface area contributed by atoms with Crippen LogP contribution in [0.2, 0.25) is 0 Å². The summed E-state index contributed by atoms with van der Waals surface area (Å²) in [4.78, 5) is 37.5. The van der Waals surface area contributed by atoms with Crippen molar-refractivity contribution in [3.63, 3.8) is 0 Å². The van der Waals surface area contributed by atoms with Crippen LogP contribution < -0.4 is 5.32 Å². The Hall–Kier alpha value is -2.49. The van der Waals surface area contributed by atoms with E-state index in [1.54, 1.807) is 24.3 Å². The number of amides is 2. The Morgan fingerprint density at radius 1 is 1.19 bits per heavy atom. The summed E-state index contributed by atoms with van der Waals surface area (Å²) in [6, 6.07) is 7.31. The average molecular weight is 448 g/mol. The van der Waals surface area contributed by atoms with Gasteiger partial charge in [-0.2, -0.15) is 0 Å². The molecule has 2 saturated heterocycles. The van der Waals surface area contributed by atoms with Gasteiger partial charge in [0.2, 0.25) is 5.91 Å². The summed E-state index contributed by atoms with van der Waals surface area (Å²) in [5, 5.41) is 20.3. The Morgan fingerprint density at radius 2 is 1.84 bits per heavy atom. The second-order valence-corrected chi connectivity index (χ2v) is 8.75. The smallest absolute Gasteiger partial charge is 0.290 e. The van der Waals surface area contributed by atoms with Gasteiger partial charge in [0.05, 0.1) is 6.10 Å². The lowest BCUT2D eigenvalue weighted by Crippen LogP contribution is -2.48. The Balaban J connectivity index is 0.000000913. The first-order valence-corrected chi connectivity index (χ1v) is 11.1. The first kappa shape index (κ1) is 24.2. The molecule has 1 saturated carbocycles. The van der Waals surface area contributed by atoms with Crippen LogP contribution in [0.3, 0.4) is 0 Å². The molecule has 1 aromatic rings. The third-order valence-electron chi connectivity index (χ3n) is 6.67. The Labute approximate surface area is 188 Å². The normalized spacial score (nSPS) is 27.2. The fourth-order valence-corrected chi connectivity index (χ4v) is 5.28. The number of fused-ring (bicyclic) bond motifs is 1. The van der Waals surface area contributed by atoms with Crippen molar-refractivity contribution in [2.24, 2.45) is 11.8 Å². The molecular weight excluding hydrogens is 414 g/mol. The third-order valence-corrected chi connectivity index (χ3v) is 6.67. The van der Waals surface area contributed by atoms with Crippen LogP contribution in [-0.4, -0.2) is 90.3 Å². The summed E-state index contributed by atoms with van der Waals surface area (Å²) in [6.07, 6.45) is 3.91. The topological polar surface area (TPSA) is 119 Å². The number of carbonyl (C=O) groups excluding carboxylic acids is 2. The highest BCUT2D eigenvalue weighted by atomic mass is 16.5. The Bertz CT molecular complexity index is 798. The van der Waals surface area contributed by atoms with Gasteiger partial charge < -0.3 is 25.2 Å². The van der Waals surface area contributed by atoms with Crippen LogP contribution in [0.15, 0.2) is 24.3 Å². The minimum atomic E-state index is -0.288. The van der Waals surface area contributed by atoms with Gasteiger partial charge in [-0.25, -0.2) is 0 Å². The van der Waals surface area contributed by atoms with Crippen LogP contribution in [0.25, 0.3) is 0 Å². The maximum absolute atomic E-state index is 13.1. The zero-order chi connectivity index (χ0) is 23.1. The van der Waals surface area contributed by atoms with Crippen molar-refractivity contribution in [2.75, 3.05) is 45.2 Å². The fourth-order valence-electron chi connectivity index (χ4n) is 5.28. The molecule has 9 heteroatoms. The molecule has 0 radical (unpaired) electrons. The molecule has 32 heavy (non-hydrogen) atoms. The number of aliphatic hydroxyl groups excluding tert-OH is 1. The van der Waals surface area contributed by atoms with E-state index in [0.29, 0.717) is 29.6 Å². The molecule has 176 valence electrons. The molecule has 2 amide bonds. The Morgan fingerprint density at radius 3 is 2.50 bits per heavy atom. The molecule has 0 spiro atoms. The molecule has 1 aromatic carbocycles. The molecule has 0 bridgehead atoms. The summed E-state index contributed by atoms with van der Waals surface area (Å²) in [6.45, 7) is 3.36. The number of nitrogens with one attached hydrogen (secondary N) is 1. The van der Waals surface area contributed by atoms with Gasteiger partial charge in [0.1, 0.15) is 6.61 Å². The number of nitrogens with zero attached hydrogens (tertiary/aromatic N) is 2. The lowest BCUT2D eigenvalue weighted by Gasteiger charge is -2.40. The predicted octanol–water partition coefficient (Wildman–Crippen LogP) is 1.28. The van der Waals surface area contributed by atoms with Crippen molar-refractivity contribution in [3.05, 3.63) is 29.8 Å². The number of ether oxygens (including phenoxy) is 1. The fraction of sp³-hybridized carbons (Fsp3) is 0.609. The van der Waals surface area contributed by atoms with Crippen LogP contribution in [0.1, 0.15) is 36.0 Å². The van der Waals surface area contributed by atoms with Gasteiger partial charge in [0.15, 0.2) is 0 Å². The molecule has 9 nitrogen and oxygen atoms in total. The zero-order valence-corrected chi connectivity index (χ0v) is 18.5. The van der Waals surface area contributed by atoms with Gasteiger partial charge in [0.25, 0.3) is 12.4 Å². The molecule has 4 rings (SSSR count). The molecule has 0 aromatic heterocycles. The van der Waals surface area contributed by atoms with E-state index in [1.165, 1.54) is 20.0 Å². The second-order valence-electron chi connectivity index (χ2n) is 8.75. The van der Waals surface area contributed by atoms with Crippen molar-refractivity contribution < 1.29 is 29.3 Å². The van der Waals surface area contributed by atoms with Crippen LogP contribution in [0.5, 0.6) is 0 Å². The minimum Gasteiger partial charge on any atom is -0.483 e. The van der Waals surface area contributed by atoms with Crippen molar-refractivity contribution in [1.29, 1.82) is 0 Å². The number of carbonyl (C=O) groups is 3. The van der Waals surface area contributed by atoms with Crippen LogP contribution >= 0.6 is 0 Å². The molecule has 1 aliphatic carbocycles. The molecule has 3 fully saturated rings. The summed E-state index contributed by atoms with van der Waals surface area (Å²) in [5.41, 5.74) is 1.18. The van der Waals surface area contributed by atoms with E-state index in [9.17, 15) is 14.7 Å². The molecule has 2 heterocycles. The maximum Gasteiger partial charge on any atom is 0.290 e. The number of likely N-dealkylation sites (tertiary alicyclic amines) is 2. The highest BCUT2D eigenvalue weighted by Crippen LogP contribution is 2.39. The van der Waals surface area contributed by atoms with Crippen LogP contribution in [-0.2, 0) is 14.3 Å². The summed E-state index contributed by atoms with van der Waals surface area (Å²) >= 11 is 0.